The number of para-hydroxylation sites is 1. The van der Waals surface area contributed by atoms with Crippen LogP contribution in [0.3, 0.4) is 0 Å². The number of nitrogen functional groups attached to an aromatic ring is 1. The molecule has 1 aliphatic carbocycles. The minimum atomic E-state index is 0.542. The van der Waals surface area contributed by atoms with Crippen molar-refractivity contribution in [2.75, 3.05) is 24.3 Å². The predicted molar refractivity (Wildman–Crippen MR) is 86.1 cm³/mol. The molecule has 1 aromatic heterocycles. The van der Waals surface area contributed by atoms with E-state index in [1.165, 1.54) is 18.4 Å². The molecule has 4 heteroatoms. The molecule has 0 unspecified atom stereocenters. The Labute approximate surface area is 125 Å². The maximum absolute atomic E-state index is 5.96. The van der Waals surface area contributed by atoms with Gasteiger partial charge in [-0.05, 0) is 49.4 Å². The third-order valence-corrected chi connectivity index (χ3v) is 3.85. The minimum absolute atomic E-state index is 0.542. The van der Waals surface area contributed by atoms with Crippen LogP contribution in [-0.4, -0.2) is 18.6 Å². The zero-order chi connectivity index (χ0) is 14.8. The molecule has 3 rings (SSSR count). The summed E-state index contributed by atoms with van der Waals surface area (Å²) in [4.78, 5) is 6.62. The van der Waals surface area contributed by atoms with Crippen LogP contribution in [-0.2, 0) is 0 Å². The van der Waals surface area contributed by atoms with Gasteiger partial charge in [-0.25, -0.2) is 0 Å². The third kappa shape index (κ3) is 3.10. The minimum Gasteiger partial charge on any atom is -0.476 e. The number of hydrogen-bond donors (Lipinski definition) is 1. The average Bonchev–Trinajstić information content (AvgIpc) is 3.30. The van der Waals surface area contributed by atoms with Gasteiger partial charge in [0, 0.05) is 12.7 Å². The molecule has 1 fully saturated rings. The Morgan fingerprint density at radius 2 is 2.00 bits per heavy atom. The van der Waals surface area contributed by atoms with Crippen LogP contribution in [0, 0.1) is 12.8 Å². The Balaban J connectivity index is 1.84. The highest BCUT2D eigenvalue weighted by molar-refractivity contribution is 5.65. The Morgan fingerprint density at radius 3 is 2.71 bits per heavy atom. The van der Waals surface area contributed by atoms with Gasteiger partial charge in [0.2, 0.25) is 5.88 Å². The van der Waals surface area contributed by atoms with E-state index in [2.05, 4.69) is 28.9 Å². The van der Waals surface area contributed by atoms with Gasteiger partial charge in [0.05, 0.1) is 12.3 Å². The van der Waals surface area contributed by atoms with Crippen LogP contribution in [0.1, 0.15) is 18.4 Å². The summed E-state index contributed by atoms with van der Waals surface area (Å²) in [6.07, 6.45) is 2.51. The Morgan fingerprint density at radius 1 is 1.24 bits per heavy atom. The summed E-state index contributed by atoms with van der Waals surface area (Å²) in [5.41, 5.74) is 8.89. The SMILES string of the molecule is Cc1ccccc1N(C)c1ccc(N)c(OCC2CC2)n1. The fourth-order valence-corrected chi connectivity index (χ4v) is 2.29. The van der Waals surface area contributed by atoms with Crippen molar-refractivity contribution in [3.63, 3.8) is 0 Å². The molecule has 1 aliphatic rings. The molecule has 1 saturated carbocycles. The first-order chi connectivity index (χ1) is 10.1. The quantitative estimate of drug-likeness (QED) is 0.912. The number of ether oxygens (including phenoxy) is 1. The Hall–Kier alpha value is -2.23. The Kier molecular flexibility index (Phi) is 3.69. The van der Waals surface area contributed by atoms with Crippen molar-refractivity contribution in [2.24, 2.45) is 5.92 Å². The lowest BCUT2D eigenvalue weighted by Gasteiger charge is -2.21. The lowest BCUT2D eigenvalue weighted by Crippen LogP contribution is -2.14. The van der Waals surface area contributed by atoms with Gasteiger partial charge in [-0.1, -0.05) is 18.2 Å². The number of pyridine rings is 1. The monoisotopic (exact) mass is 283 g/mol. The summed E-state index contributed by atoms with van der Waals surface area (Å²) >= 11 is 0. The van der Waals surface area contributed by atoms with E-state index < -0.39 is 0 Å². The van der Waals surface area contributed by atoms with Gasteiger partial charge in [0.1, 0.15) is 5.82 Å². The van der Waals surface area contributed by atoms with Crippen LogP contribution < -0.4 is 15.4 Å². The number of aromatic nitrogens is 1. The molecule has 21 heavy (non-hydrogen) atoms. The van der Waals surface area contributed by atoms with E-state index in [1.54, 1.807) is 0 Å². The number of rotatable bonds is 5. The molecule has 1 aromatic carbocycles. The highest BCUT2D eigenvalue weighted by Crippen LogP contribution is 2.32. The first kappa shape index (κ1) is 13.7. The van der Waals surface area contributed by atoms with Gasteiger partial charge >= 0.3 is 0 Å². The van der Waals surface area contributed by atoms with Crippen LogP contribution in [0.25, 0.3) is 0 Å². The summed E-state index contributed by atoms with van der Waals surface area (Å²) in [5, 5.41) is 0. The van der Waals surface area contributed by atoms with E-state index in [4.69, 9.17) is 10.5 Å². The van der Waals surface area contributed by atoms with Crippen LogP contribution in [0.15, 0.2) is 36.4 Å². The molecular weight excluding hydrogens is 262 g/mol. The summed E-state index contributed by atoms with van der Waals surface area (Å²) in [7, 11) is 2.01. The smallest absolute Gasteiger partial charge is 0.239 e. The van der Waals surface area contributed by atoms with Gasteiger partial charge in [0.15, 0.2) is 0 Å². The van der Waals surface area contributed by atoms with Crippen molar-refractivity contribution in [2.45, 2.75) is 19.8 Å². The van der Waals surface area contributed by atoms with E-state index >= 15 is 0 Å². The molecule has 4 nitrogen and oxygen atoms in total. The zero-order valence-electron chi connectivity index (χ0n) is 12.5. The van der Waals surface area contributed by atoms with E-state index in [9.17, 15) is 0 Å². The molecular formula is C17H21N3O. The van der Waals surface area contributed by atoms with E-state index in [-0.39, 0.29) is 0 Å². The number of aryl methyl sites for hydroxylation is 1. The first-order valence-corrected chi connectivity index (χ1v) is 7.34. The van der Waals surface area contributed by atoms with Crippen LogP contribution in [0.2, 0.25) is 0 Å². The second-order valence-corrected chi connectivity index (χ2v) is 5.66. The van der Waals surface area contributed by atoms with Gasteiger partial charge in [-0.2, -0.15) is 4.98 Å². The Bertz CT molecular complexity index is 638. The molecule has 0 spiro atoms. The van der Waals surface area contributed by atoms with Gasteiger partial charge in [-0.15, -0.1) is 0 Å². The molecule has 2 aromatic rings. The summed E-state index contributed by atoms with van der Waals surface area (Å²) in [5.74, 6) is 2.06. The van der Waals surface area contributed by atoms with E-state index in [0.717, 1.165) is 11.5 Å². The molecule has 110 valence electrons. The molecule has 0 bridgehead atoms. The van der Waals surface area contributed by atoms with Crippen molar-refractivity contribution in [1.29, 1.82) is 0 Å². The van der Waals surface area contributed by atoms with E-state index in [1.807, 2.05) is 31.3 Å². The van der Waals surface area contributed by atoms with Gasteiger partial charge < -0.3 is 15.4 Å². The molecule has 0 amide bonds. The summed E-state index contributed by atoms with van der Waals surface area (Å²) in [6, 6.07) is 12.0. The lowest BCUT2D eigenvalue weighted by molar-refractivity contribution is 0.290. The van der Waals surface area contributed by atoms with Gasteiger partial charge in [0.25, 0.3) is 0 Å². The molecule has 0 aliphatic heterocycles. The van der Waals surface area contributed by atoms with Crippen LogP contribution >= 0.6 is 0 Å². The van der Waals surface area contributed by atoms with Crippen molar-refractivity contribution < 1.29 is 4.74 Å². The molecule has 0 radical (unpaired) electrons. The zero-order valence-corrected chi connectivity index (χ0v) is 12.5. The highest BCUT2D eigenvalue weighted by Gasteiger charge is 2.22. The number of benzene rings is 1. The standard InChI is InChI=1S/C17H21N3O/c1-12-5-3-4-6-15(12)20(2)16-10-9-14(18)17(19-16)21-11-13-7-8-13/h3-6,9-10,13H,7-8,11,18H2,1-2H3. The van der Waals surface area contributed by atoms with Crippen molar-refractivity contribution in [3.05, 3.63) is 42.0 Å². The van der Waals surface area contributed by atoms with Crippen LogP contribution in [0.4, 0.5) is 17.2 Å². The number of nitrogens with two attached hydrogens (primary N) is 1. The van der Waals surface area contributed by atoms with Crippen molar-refractivity contribution in [3.8, 4) is 5.88 Å². The normalized spacial score (nSPS) is 14.0. The second kappa shape index (κ2) is 5.64. The third-order valence-electron chi connectivity index (χ3n) is 3.85. The maximum atomic E-state index is 5.96. The average molecular weight is 283 g/mol. The van der Waals surface area contributed by atoms with Crippen molar-refractivity contribution >= 4 is 17.2 Å². The highest BCUT2D eigenvalue weighted by atomic mass is 16.5. The largest absolute Gasteiger partial charge is 0.476 e. The molecule has 0 saturated heterocycles. The van der Waals surface area contributed by atoms with E-state index in [0.29, 0.717) is 24.1 Å². The molecule has 0 atom stereocenters. The molecule has 2 N–H and O–H groups in total. The number of hydrogen-bond acceptors (Lipinski definition) is 4. The first-order valence-electron chi connectivity index (χ1n) is 7.34. The van der Waals surface area contributed by atoms with Gasteiger partial charge in [-0.3, -0.25) is 0 Å². The lowest BCUT2D eigenvalue weighted by atomic mass is 10.2. The topological polar surface area (TPSA) is 51.4 Å². The maximum Gasteiger partial charge on any atom is 0.239 e. The fourth-order valence-electron chi connectivity index (χ4n) is 2.29. The summed E-state index contributed by atoms with van der Waals surface area (Å²) < 4.78 is 5.75. The fraction of sp³-hybridized carbons (Fsp3) is 0.353. The summed E-state index contributed by atoms with van der Waals surface area (Å²) in [6.45, 7) is 2.81. The number of anilines is 3. The predicted octanol–water partition coefficient (Wildman–Crippen LogP) is 3.53. The van der Waals surface area contributed by atoms with Crippen molar-refractivity contribution in [1.82, 2.24) is 4.98 Å². The molecule has 1 heterocycles. The van der Waals surface area contributed by atoms with Crippen LogP contribution in [0.5, 0.6) is 5.88 Å². The number of nitrogens with zero attached hydrogens (tertiary/aromatic N) is 2. The second-order valence-electron chi connectivity index (χ2n) is 5.66.